The largest absolute Gasteiger partial charge is 0.416 e. The number of carbonyl (C=O) groups is 1. The highest BCUT2D eigenvalue weighted by atomic mass is 19.4. The van der Waals surface area contributed by atoms with Gasteiger partial charge in [-0.3, -0.25) is 4.79 Å². The molecular formula is C17H12F4N6O. The molecule has 0 aliphatic carbocycles. The fourth-order valence-corrected chi connectivity index (χ4v) is 2.19. The Morgan fingerprint density at radius 3 is 2.71 bits per heavy atom. The van der Waals surface area contributed by atoms with Crippen molar-refractivity contribution in [1.82, 2.24) is 25.6 Å². The molecule has 11 heteroatoms. The molecular weight excluding hydrogens is 380 g/mol. The predicted molar refractivity (Wildman–Crippen MR) is 90.4 cm³/mol. The van der Waals surface area contributed by atoms with Crippen LogP contribution in [0.3, 0.4) is 0 Å². The van der Waals surface area contributed by atoms with E-state index in [0.717, 1.165) is 16.9 Å². The second-order valence-electron chi connectivity index (χ2n) is 5.57. The molecule has 0 spiro atoms. The van der Waals surface area contributed by atoms with Gasteiger partial charge in [-0.05, 0) is 35.0 Å². The molecule has 3 rings (SSSR count). The third-order valence-electron chi connectivity index (χ3n) is 3.44. The normalized spacial score (nSPS) is 11.7. The number of carbonyl (C=O) groups excluding carboxylic acids is 1. The average Bonchev–Trinajstić information content (AvgIpc) is 3.10. The zero-order chi connectivity index (χ0) is 20.1. The Hall–Kier alpha value is -3.63. The first-order valence-corrected chi connectivity index (χ1v) is 7.84. The molecule has 0 aliphatic heterocycles. The van der Waals surface area contributed by atoms with E-state index in [1.165, 1.54) is 36.5 Å². The Morgan fingerprint density at radius 2 is 1.96 bits per heavy atom. The molecule has 0 saturated heterocycles. The van der Waals surface area contributed by atoms with Gasteiger partial charge in [0.05, 0.1) is 11.8 Å². The lowest BCUT2D eigenvalue weighted by Gasteiger charge is -2.06. The third-order valence-corrected chi connectivity index (χ3v) is 3.44. The summed E-state index contributed by atoms with van der Waals surface area (Å²) in [6.07, 6.45) is -3.24. The first kappa shape index (κ1) is 19.1. The minimum atomic E-state index is -4.49. The molecule has 0 atom stereocenters. The topological polar surface area (TPSA) is 85.1 Å². The Balaban J connectivity index is 1.62. The van der Waals surface area contributed by atoms with Gasteiger partial charge in [0.1, 0.15) is 12.4 Å². The maximum absolute atomic E-state index is 13.0. The first-order chi connectivity index (χ1) is 13.3. The number of halogens is 4. The zero-order valence-corrected chi connectivity index (χ0v) is 14.1. The summed E-state index contributed by atoms with van der Waals surface area (Å²) in [5.41, 5.74) is 1.93. The first-order valence-electron chi connectivity index (χ1n) is 7.84. The molecule has 144 valence electrons. The predicted octanol–water partition coefficient (Wildman–Crippen LogP) is 2.65. The number of rotatable bonds is 5. The summed E-state index contributed by atoms with van der Waals surface area (Å²) >= 11 is 0. The summed E-state index contributed by atoms with van der Waals surface area (Å²) in [5, 5.41) is 14.9. The molecule has 0 bridgehead atoms. The van der Waals surface area contributed by atoms with Crippen LogP contribution in [-0.2, 0) is 17.5 Å². The number of benzene rings is 2. The van der Waals surface area contributed by atoms with E-state index in [0.29, 0.717) is 5.56 Å². The second-order valence-corrected chi connectivity index (χ2v) is 5.57. The molecule has 1 heterocycles. The van der Waals surface area contributed by atoms with Crippen molar-refractivity contribution in [2.45, 2.75) is 12.7 Å². The maximum atomic E-state index is 13.0. The van der Waals surface area contributed by atoms with E-state index >= 15 is 0 Å². The van der Waals surface area contributed by atoms with Crippen molar-refractivity contribution in [3.8, 4) is 11.4 Å². The van der Waals surface area contributed by atoms with Crippen LogP contribution in [0.15, 0.2) is 53.6 Å². The third kappa shape index (κ3) is 4.96. The average molecular weight is 392 g/mol. The van der Waals surface area contributed by atoms with Gasteiger partial charge in [0.2, 0.25) is 5.82 Å². The number of hydrogen-bond donors (Lipinski definition) is 1. The summed E-state index contributed by atoms with van der Waals surface area (Å²) in [6, 6.07) is 10.0. The highest BCUT2D eigenvalue weighted by molar-refractivity contribution is 5.82. The van der Waals surface area contributed by atoms with E-state index in [1.807, 2.05) is 0 Å². The fraction of sp³-hybridized carbons (Fsp3) is 0.118. The highest BCUT2D eigenvalue weighted by Gasteiger charge is 2.30. The van der Waals surface area contributed by atoms with Crippen LogP contribution in [0.4, 0.5) is 17.6 Å². The van der Waals surface area contributed by atoms with Gasteiger partial charge in [-0.25, -0.2) is 9.82 Å². The van der Waals surface area contributed by atoms with E-state index in [4.69, 9.17) is 0 Å². The lowest BCUT2D eigenvalue weighted by atomic mass is 10.1. The number of hydrogen-bond acceptors (Lipinski definition) is 5. The summed E-state index contributed by atoms with van der Waals surface area (Å²) in [6.45, 7) is -0.355. The molecule has 0 aliphatic rings. The standard InChI is InChI=1S/C17H12F4N6O/c18-14-6-1-3-11(7-14)9-22-23-15(28)10-27-25-16(24-26-27)12-4-2-5-13(8-12)17(19,20)21/h1-9H,10H2,(H,23,28)/b22-9-. The van der Waals surface area contributed by atoms with Gasteiger partial charge in [-0.15, -0.1) is 10.2 Å². The Bertz CT molecular complexity index is 1010. The second kappa shape index (κ2) is 7.94. The van der Waals surface area contributed by atoms with E-state index in [2.05, 4.69) is 25.9 Å². The highest BCUT2D eigenvalue weighted by Crippen LogP contribution is 2.31. The summed E-state index contributed by atoms with van der Waals surface area (Å²) in [5.74, 6) is -1.09. The monoisotopic (exact) mass is 392 g/mol. The number of nitrogens with zero attached hydrogens (tertiary/aromatic N) is 5. The molecule has 0 radical (unpaired) electrons. The minimum absolute atomic E-state index is 0.0536. The summed E-state index contributed by atoms with van der Waals surface area (Å²) < 4.78 is 51.4. The minimum Gasteiger partial charge on any atom is -0.271 e. The molecule has 1 amide bonds. The van der Waals surface area contributed by atoms with Crippen LogP contribution in [0.5, 0.6) is 0 Å². The van der Waals surface area contributed by atoms with Gasteiger partial charge >= 0.3 is 6.18 Å². The Morgan fingerprint density at radius 1 is 1.18 bits per heavy atom. The zero-order valence-electron chi connectivity index (χ0n) is 14.1. The van der Waals surface area contributed by atoms with Crippen LogP contribution in [0.1, 0.15) is 11.1 Å². The quantitative estimate of drug-likeness (QED) is 0.411. The van der Waals surface area contributed by atoms with E-state index in [9.17, 15) is 22.4 Å². The van der Waals surface area contributed by atoms with Crippen LogP contribution in [0.2, 0.25) is 0 Å². The van der Waals surface area contributed by atoms with Crippen molar-refractivity contribution in [3.63, 3.8) is 0 Å². The van der Waals surface area contributed by atoms with Crippen LogP contribution in [0.25, 0.3) is 11.4 Å². The van der Waals surface area contributed by atoms with E-state index < -0.39 is 23.5 Å². The molecule has 7 nitrogen and oxygen atoms in total. The summed E-state index contributed by atoms with van der Waals surface area (Å²) in [7, 11) is 0. The van der Waals surface area contributed by atoms with E-state index in [-0.39, 0.29) is 17.9 Å². The number of hydrazone groups is 1. The van der Waals surface area contributed by atoms with Gasteiger partial charge in [-0.1, -0.05) is 24.3 Å². The SMILES string of the molecule is O=C(Cn1nnc(-c2cccc(C(F)(F)F)c2)n1)N/N=C\c1cccc(F)c1. The van der Waals surface area contributed by atoms with Crippen molar-refractivity contribution >= 4 is 12.1 Å². The number of amides is 1. The lowest BCUT2D eigenvalue weighted by molar-refractivity contribution is -0.137. The fourth-order valence-electron chi connectivity index (χ4n) is 2.19. The number of nitrogens with one attached hydrogen (secondary N) is 1. The number of aromatic nitrogens is 4. The van der Waals surface area contributed by atoms with Gasteiger partial charge in [-0.2, -0.15) is 23.1 Å². The van der Waals surface area contributed by atoms with E-state index in [1.54, 1.807) is 6.07 Å². The van der Waals surface area contributed by atoms with Gasteiger partial charge < -0.3 is 0 Å². The van der Waals surface area contributed by atoms with Gasteiger partial charge in [0.15, 0.2) is 0 Å². The van der Waals surface area contributed by atoms with Crippen LogP contribution in [-0.4, -0.2) is 32.3 Å². The molecule has 2 aromatic carbocycles. The summed E-state index contributed by atoms with van der Waals surface area (Å²) in [4.78, 5) is 12.7. The Labute approximate surface area is 155 Å². The van der Waals surface area contributed by atoms with Crippen molar-refractivity contribution in [1.29, 1.82) is 0 Å². The molecule has 1 N–H and O–H groups in total. The molecule has 0 fully saturated rings. The van der Waals surface area contributed by atoms with Crippen molar-refractivity contribution < 1.29 is 22.4 Å². The van der Waals surface area contributed by atoms with Gasteiger partial charge in [0, 0.05) is 5.56 Å². The molecule has 0 saturated carbocycles. The number of alkyl halides is 3. The molecule has 28 heavy (non-hydrogen) atoms. The van der Waals surface area contributed by atoms with Crippen molar-refractivity contribution in [2.24, 2.45) is 5.10 Å². The smallest absolute Gasteiger partial charge is 0.271 e. The number of tetrazole rings is 1. The Kier molecular flexibility index (Phi) is 5.43. The van der Waals surface area contributed by atoms with Crippen molar-refractivity contribution in [2.75, 3.05) is 0 Å². The lowest BCUT2D eigenvalue weighted by Crippen LogP contribution is -2.24. The molecule has 1 aromatic heterocycles. The van der Waals surface area contributed by atoms with Crippen molar-refractivity contribution in [3.05, 3.63) is 65.5 Å². The molecule has 3 aromatic rings. The molecule has 0 unspecified atom stereocenters. The van der Waals surface area contributed by atoms with Crippen LogP contribution in [0, 0.1) is 5.82 Å². The van der Waals surface area contributed by atoms with Gasteiger partial charge in [0.25, 0.3) is 5.91 Å². The maximum Gasteiger partial charge on any atom is 0.416 e. The van der Waals surface area contributed by atoms with Crippen LogP contribution >= 0.6 is 0 Å². The van der Waals surface area contributed by atoms with Crippen LogP contribution < -0.4 is 5.43 Å².